The molecule has 430 valence electrons. The SMILES string of the molecule is COc1ccc(C[C@@H]2NC(=O)[C@H](NC(=O)[C@@H](N)Cc3ccc(Cl)cc3)CSSC[C@@H](C(=O)NC(Cc3ccc(O)cc3)C(N)=O)NC(=O)[C@H]([C@@H](C)O)NC(=O)[C@H](CCCCN)NC(=O)[C@@H](Cc3ccc(C(N)=O)cc3)NC2=O)cc1. The van der Waals surface area contributed by atoms with E-state index in [9.17, 15) is 53.4 Å². The third-order valence-corrected chi connectivity index (χ3v) is 15.4. The number of nitrogens with one attached hydrogen (secondary N) is 7. The number of ether oxygens (including phenoxy) is 1. The van der Waals surface area contributed by atoms with Crippen LogP contribution in [0.3, 0.4) is 0 Å². The van der Waals surface area contributed by atoms with Gasteiger partial charge in [0.25, 0.3) is 0 Å². The van der Waals surface area contributed by atoms with Crippen LogP contribution in [-0.2, 0) is 64.0 Å². The Morgan fingerprint density at radius 2 is 1.21 bits per heavy atom. The van der Waals surface area contributed by atoms with Gasteiger partial charge in [0, 0.05) is 41.4 Å². The maximum Gasteiger partial charge on any atom is 0.248 e. The number of carbonyl (C=O) groups is 9. The average molecular weight is 1160 g/mol. The van der Waals surface area contributed by atoms with Crippen molar-refractivity contribution in [3.63, 3.8) is 0 Å². The van der Waals surface area contributed by atoms with Gasteiger partial charge in [0.05, 0.1) is 19.3 Å². The van der Waals surface area contributed by atoms with E-state index in [0.717, 1.165) is 21.6 Å². The molecule has 1 heterocycles. The highest BCUT2D eigenvalue weighted by Gasteiger charge is 2.36. The number of hydrogen-bond donors (Lipinski definition) is 13. The van der Waals surface area contributed by atoms with Gasteiger partial charge in [0.15, 0.2) is 0 Å². The number of amides is 9. The average Bonchev–Trinajstić information content (AvgIpc) is 3.42. The summed E-state index contributed by atoms with van der Waals surface area (Å²) in [5, 5.41) is 39.8. The van der Waals surface area contributed by atoms with E-state index < -0.39 is 108 Å². The van der Waals surface area contributed by atoms with E-state index in [-0.39, 0.29) is 67.9 Å². The molecule has 23 nitrogen and oxygen atoms in total. The number of phenols is 1. The number of benzene rings is 4. The van der Waals surface area contributed by atoms with Crippen molar-refractivity contribution >= 4 is 86.4 Å². The van der Waals surface area contributed by atoms with Gasteiger partial charge < -0.3 is 75.1 Å². The topological polar surface area (TPSA) is 392 Å². The van der Waals surface area contributed by atoms with Gasteiger partial charge in [-0.15, -0.1) is 0 Å². The number of aromatic hydroxyl groups is 1. The van der Waals surface area contributed by atoms with E-state index in [1.807, 2.05) is 0 Å². The Morgan fingerprint density at radius 3 is 1.77 bits per heavy atom. The van der Waals surface area contributed by atoms with Gasteiger partial charge in [-0.25, -0.2) is 0 Å². The van der Waals surface area contributed by atoms with Crippen molar-refractivity contribution in [2.24, 2.45) is 22.9 Å². The van der Waals surface area contributed by atoms with Crippen molar-refractivity contribution in [3.8, 4) is 11.5 Å². The van der Waals surface area contributed by atoms with Crippen molar-refractivity contribution in [1.29, 1.82) is 0 Å². The molecule has 1 aliphatic rings. The lowest BCUT2D eigenvalue weighted by Gasteiger charge is -2.29. The molecule has 1 saturated heterocycles. The Kier molecular flexibility index (Phi) is 24.9. The second-order valence-electron chi connectivity index (χ2n) is 19.0. The molecule has 1 aliphatic heterocycles. The van der Waals surface area contributed by atoms with Crippen molar-refractivity contribution in [1.82, 2.24) is 37.2 Å². The van der Waals surface area contributed by atoms with E-state index >= 15 is 0 Å². The van der Waals surface area contributed by atoms with Gasteiger partial charge in [-0.2, -0.15) is 0 Å². The predicted molar refractivity (Wildman–Crippen MR) is 303 cm³/mol. The molecule has 5 rings (SSSR count). The maximum atomic E-state index is 14.8. The number of rotatable bonds is 20. The van der Waals surface area contributed by atoms with Gasteiger partial charge >= 0.3 is 0 Å². The molecule has 0 aliphatic carbocycles. The number of aliphatic hydroxyl groups is 1. The minimum absolute atomic E-state index is 0.0355. The third-order valence-electron chi connectivity index (χ3n) is 12.7. The largest absolute Gasteiger partial charge is 0.508 e. The Labute approximate surface area is 475 Å². The summed E-state index contributed by atoms with van der Waals surface area (Å²) in [6.45, 7) is 1.43. The normalized spacial score (nSPS) is 20.9. The number of phenolic OH excluding ortho intramolecular Hbond substituents is 1. The highest BCUT2D eigenvalue weighted by Crippen LogP contribution is 2.24. The Morgan fingerprint density at radius 1 is 0.688 bits per heavy atom. The number of halogens is 1. The molecule has 4 aromatic carbocycles. The molecule has 17 N–H and O–H groups in total. The lowest BCUT2D eigenvalue weighted by atomic mass is 10.00. The van der Waals surface area contributed by atoms with Crippen LogP contribution < -0.4 is 64.9 Å². The van der Waals surface area contributed by atoms with Gasteiger partial charge in [0.1, 0.15) is 53.8 Å². The summed E-state index contributed by atoms with van der Waals surface area (Å²) in [7, 11) is 3.40. The summed E-state index contributed by atoms with van der Waals surface area (Å²) in [4.78, 5) is 126. The molecule has 0 saturated carbocycles. The van der Waals surface area contributed by atoms with Crippen molar-refractivity contribution in [2.45, 2.75) is 106 Å². The second kappa shape index (κ2) is 31.4. The summed E-state index contributed by atoms with van der Waals surface area (Å²) < 4.78 is 5.32. The molecular weight excluding hydrogens is 1090 g/mol. The molecule has 9 atom stereocenters. The fourth-order valence-corrected chi connectivity index (χ4v) is 10.6. The summed E-state index contributed by atoms with van der Waals surface area (Å²) in [6, 6.07) is 13.3. The molecule has 4 aromatic rings. The summed E-state index contributed by atoms with van der Waals surface area (Å²) in [5.74, 6) is -8.03. The van der Waals surface area contributed by atoms with E-state index in [0.29, 0.717) is 39.4 Å². The van der Waals surface area contributed by atoms with Crippen LogP contribution in [0.25, 0.3) is 0 Å². The Balaban J connectivity index is 1.58. The smallest absolute Gasteiger partial charge is 0.248 e. The van der Waals surface area contributed by atoms with Crippen LogP contribution in [-0.4, -0.2) is 143 Å². The minimum Gasteiger partial charge on any atom is -0.508 e. The van der Waals surface area contributed by atoms with E-state index in [2.05, 4.69) is 37.2 Å². The maximum absolute atomic E-state index is 14.8. The zero-order valence-corrected chi connectivity index (χ0v) is 46.4. The molecule has 9 amide bonds. The summed E-state index contributed by atoms with van der Waals surface area (Å²) in [6.07, 6.45) is -1.45. The number of unbranched alkanes of at least 4 members (excludes halogenated alkanes) is 1. The fraction of sp³-hybridized carbons (Fsp3) is 0.389. The van der Waals surface area contributed by atoms with Gasteiger partial charge in [0.2, 0.25) is 53.2 Å². The molecule has 80 heavy (non-hydrogen) atoms. The first kappa shape index (κ1) is 63.4. The van der Waals surface area contributed by atoms with Crippen molar-refractivity contribution in [3.05, 3.63) is 130 Å². The molecule has 1 unspecified atom stereocenters. The van der Waals surface area contributed by atoms with E-state index in [4.69, 9.17) is 39.3 Å². The highest BCUT2D eigenvalue weighted by molar-refractivity contribution is 8.76. The minimum atomic E-state index is -1.75. The first-order chi connectivity index (χ1) is 38.1. The standard InChI is InChI=1S/C54H68ClN11O12S2/c1-29(67)45-54(77)65-44(52(75)61-40(47(59)70)24-32-10-18-36(68)19-11-32)28-80-79-27-43(64-48(71)38(57)23-30-8-16-35(55)17-9-30)53(76)63-42(26-33-12-20-37(78-2)21-13-33)51(74)62-41(25-31-6-14-34(15-7-31)46(58)69)50(73)60-39(49(72)66-45)5-3-4-22-56/h6-21,29,38-45,67-68H,3-5,22-28,56-57H2,1-2H3,(H2,58,69)(H2,59,70)(H,60,73)(H,61,75)(H,62,74)(H,63,76)(H,64,71)(H,65,77)(H,66,72)/t29-,38+,39+,40?,41-,42+,43-,44+,45+/m1/s1. The molecule has 0 aromatic heterocycles. The Hall–Kier alpha value is -7.42. The van der Waals surface area contributed by atoms with E-state index in [1.54, 1.807) is 48.5 Å². The van der Waals surface area contributed by atoms with Crippen molar-refractivity contribution in [2.75, 3.05) is 25.2 Å². The Bertz CT molecular complexity index is 2780. The monoisotopic (exact) mass is 1160 g/mol. The predicted octanol–water partition coefficient (Wildman–Crippen LogP) is -0.465. The summed E-state index contributed by atoms with van der Waals surface area (Å²) >= 11 is 6.08. The van der Waals surface area contributed by atoms with Gasteiger partial charge in [-0.1, -0.05) is 81.7 Å². The first-order valence-electron chi connectivity index (χ1n) is 25.5. The van der Waals surface area contributed by atoms with Crippen LogP contribution >= 0.6 is 33.2 Å². The van der Waals surface area contributed by atoms with Crippen LogP contribution in [0.4, 0.5) is 0 Å². The van der Waals surface area contributed by atoms with Crippen LogP contribution in [0.15, 0.2) is 97.1 Å². The van der Waals surface area contributed by atoms with Gasteiger partial charge in [-0.05, 0) is 110 Å². The highest BCUT2D eigenvalue weighted by atomic mass is 35.5. The zero-order valence-electron chi connectivity index (χ0n) is 44.0. The van der Waals surface area contributed by atoms with Crippen LogP contribution in [0.1, 0.15) is 58.8 Å². The van der Waals surface area contributed by atoms with Gasteiger partial charge in [-0.3, -0.25) is 43.2 Å². The third kappa shape index (κ3) is 20.0. The lowest BCUT2D eigenvalue weighted by Crippen LogP contribution is -2.62. The second-order valence-corrected chi connectivity index (χ2v) is 22.0. The van der Waals surface area contributed by atoms with Crippen molar-refractivity contribution < 1.29 is 58.1 Å². The molecule has 0 bridgehead atoms. The van der Waals surface area contributed by atoms with Crippen LogP contribution in [0, 0.1) is 0 Å². The fourth-order valence-electron chi connectivity index (χ4n) is 8.16. The zero-order chi connectivity index (χ0) is 58.5. The van der Waals surface area contributed by atoms with E-state index in [1.165, 1.54) is 62.6 Å². The van der Waals surface area contributed by atoms with Crippen LogP contribution in [0.5, 0.6) is 11.5 Å². The molecule has 0 radical (unpaired) electrons. The quantitative estimate of drug-likeness (QED) is 0.0393. The number of aliphatic hydroxyl groups excluding tert-OH is 1. The number of hydrogen-bond acceptors (Lipinski definition) is 16. The number of primary amides is 2. The number of carbonyl (C=O) groups excluding carboxylic acids is 9. The summed E-state index contributed by atoms with van der Waals surface area (Å²) in [5.41, 5.74) is 25.7. The molecule has 0 spiro atoms. The number of nitrogens with two attached hydrogens (primary N) is 4. The van der Waals surface area contributed by atoms with Crippen LogP contribution in [0.2, 0.25) is 5.02 Å². The molecule has 26 heteroatoms. The number of methoxy groups -OCH3 is 1. The molecule has 1 fully saturated rings. The lowest BCUT2D eigenvalue weighted by molar-refractivity contribution is -0.136. The molecular formula is C54H68ClN11O12S2. The first-order valence-corrected chi connectivity index (χ1v) is 28.3.